The van der Waals surface area contributed by atoms with Crippen molar-refractivity contribution in [3.05, 3.63) is 59.2 Å². The minimum Gasteiger partial charge on any atom is -0.486 e. The lowest BCUT2D eigenvalue weighted by Crippen LogP contribution is -2.48. The van der Waals surface area contributed by atoms with Crippen molar-refractivity contribution >= 4 is 5.91 Å². The van der Waals surface area contributed by atoms with Gasteiger partial charge in [0.15, 0.2) is 11.5 Å². The second-order valence-electron chi connectivity index (χ2n) is 7.40. The first-order chi connectivity index (χ1) is 14.4. The average Bonchev–Trinajstić information content (AvgIpc) is 2.77. The lowest BCUT2D eigenvalue weighted by atomic mass is 9.73. The van der Waals surface area contributed by atoms with Gasteiger partial charge in [-0.25, -0.2) is 0 Å². The Morgan fingerprint density at radius 3 is 2.50 bits per heavy atom. The summed E-state index contributed by atoms with van der Waals surface area (Å²) in [5.41, 5.74) is -0.730. The first kappa shape index (κ1) is 20.5. The van der Waals surface area contributed by atoms with Crippen molar-refractivity contribution in [2.24, 2.45) is 0 Å². The van der Waals surface area contributed by atoms with Crippen LogP contribution in [0.15, 0.2) is 42.5 Å². The molecule has 160 valence electrons. The molecular formula is C22H22F3NO4. The van der Waals surface area contributed by atoms with E-state index in [4.69, 9.17) is 14.2 Å². The van der Waals surface area contributed by atoms with Crippen LogP contribution in [0.3, 0.4) is 0 Å². The quantitative estimate of drug-likeness (QED) is 0.815. The van der Waals surface area contributed by atoms with E-state index in [0.717, 1.165) is 17.7 Å². The van der Waals surface area contributed by atoms with Crippen molar-refractivity contribution in [2.75, 3.05) is 26.4 Å². The van der Waals surface area contributed by atoms with E-state index in [0.29, 0.717) is 56.3 Å². The molecule has 1 fully saturated rings. The molecule has 1 amide bonds. The van der Waals surface area contributed by atoms with Gasteiger partial charge in [-0.2, -0.15) is 13.2 Å². The summed E-state index contributed by atoms with van der Waals surface area (Å²) in [6.45, 7) is 1.68. The molecule has 8 heteroatoms. The zero-order valence-electron chi connectivity index (χ0n) is 16.3. The third-order valence-electron chi connectivity index (χ3n) is 5.61. The van der Waals surface area contributed by atoms with E-state index in [9.17, 15) is 18.0 Å². The Morgan fingerprint density at radius 1 is 1.00 bits per heavy atom. The predicted molar refractivity (Wildman–Crippen MR) is 102 cm³/mol. The minimum atomic E-state index is -4.47. The Hall–Kier alpha value is -2.74. The summed E-state index contributed by atoms with van der Waals surface area (Å²) >= 11 is 0. The van der Waals surface area contributed by atoms with Crippen molar-refractivity contribution in [1.29, 1.82) is 0 Å². The van der Waals surface area contributed by atoms with Crippen molar-refractivity contribution in [1.82, 2.24) is 5.32 Å². The number of ether oxygens (including phenoxy) is 3. The fraction of sp³-hybridized carbons (Fsp3) is 0.409. The highest BCUT2D eigenvalue weighted by molar-refractivity contribution is 5.88. The predicted octanol–water partition coefficient (Wildman–Crippen LogP) is 3.84. The summed E-state index contributed by atoms with van der Waals surface area (Å²) in [7, 11) is 0. The fourth-order valence-electron chi connectivity index (χ4n) is 3.98. The molecule has 0 aromatic heterocycles. The van der Waals surface area contributed by atoms with Crippen LogP contribution in [0.2, 0.25) is 0 Å². The van der Waals surface area contributed by atoms with E-state index in [-0.39, 0.29) is 12.5 Å². The Bertz CT molecular complexity index is 923. The van der Waals surface area contributed by atoms with E-state index in [1.165, 1.54) is 6.07 Å². The first-order valence-corrected chi connectivity index (χ1v) is 9.81. The number of amides is 1. The number of rotatable bonds is 4. The number of fused-ring (bicyclic) bond motifs is 1. The summed E-state index contributed by atoms with van der Waals surface area (Å²) in [5.74, 6) is 0.884. The molecule has 0 saturated carbocycles. The van der Waals surface area contributed by atoms with Gasteiger partial charge < -0.3 is 19.5 Å². The average molecular weight is 421 g/mol. The molecule has 2 aliphatic rings. The smallest absolute Gasteiger partial charge is 0.416 e. The minimum absolute atomic E-state index is 0.187. The molecule has 2 heterocycles. The molecule has 0 radical (unpaired) electrons. The van der Waals surface area contributed by atoms with Gasteiger partial charge in [-0.1, -0.05) is 30.3 Å². The highest BCUT2D eigenvalue weighted by atomic mass is 19.4. The second kappa shape index (κ2) is 8.18. The molecule has 2 aliphatic heterocycles. The highest BCUT2D eigenvalue weighted by Gasteiger charge is 2.43. The number of para-hydroxylation sites is 1. The van der Waals surface area contributed by atoms with Crippen LogP contribution in [0.25, 0.3) is 0 Å². The molecule has 30 heavy (non-hydrogen) atoms. The monoisotopic (exact) mass is 421 g/mol. The third-order valence-corrected chi connectivity index (χ3v) is 5.61. The number of halogens is 3. The van der Waals surface area contributed by atoms with Crippen molar-refractivity contribution in [3.8, 4) is 11.5 Å². The van der Waals surface area contributed by atoms with Crippen molar-refractivity contribution in [3.63, 3.8) is 0 Å². The van der Waals surface area contributed by atoms with Crippen LogP contribution in [-0.2, 0) is 27.7 Å². The van der Waals surface area contributed by atoms with Gasteiger partial charge in [0.1, 0.15) is 13.2 Å². The van der Waals surface area contributed by atoms with Crippen LogP contribution in [0.4, 0.5) is 13.2 Å². The topological polar surface area (TPSA) is 56.8 Å². The van der Waals surface area contributed by atoms with Gasteiger partial charge in [0.25, 0.3) is 0 Å². The summed E-state index contributed by atoms with van der Waals surface area (Å²) in [4.78, 5) is 13.3. The van der Waals surface area contributed by atoms with Crippen LogP contribution < -0.4 is 14.8 Å². The number of carbonyl (C=O) groups excluding carboxylic acids is 1. The van der Waals surface area contributed by atoms with Gasteiger partial charge in [0, 0.05) is 25.3 Å². The molecule has 1 N–H and O–H groups in total. The number of alkyl halides is 3. The Labute approximate surface area is 172 Å². The molecular weight excluding hydrogens is 399 g/mol. The lowest BCUT2D eigenvalue weighted by molar-refractivity contribution is -0.138. The lowest BCUT2D eigenvalue weighted by Gasteiger charge is -2.36. The van der Waals surface area contributed by atoms with Crippen LogP contribution in [0, 0.1) is 0 Å². The molecule has 5 nitrogen and oxygen atoms in total. The van der Waals surface area contributed by atoms with Crippen LogP contribution in [0.1, 0.15) is 29.5 Å². The Kier molecular flexibility index (Phi) is 5.60. The number of hydrogen-bond acceptors (Lipinski definition) is 4. The highest BCUT2D eigenvalue weighted by Crippen LogP contribution is 2.39. The summed E-state index contributed by atoms with van der Waals surface area (Å²) in [5, 5.41) is 2.91. The number of hydrogen-bond donors (Lipinski definition) is 1. The summed E-state index contributed by atoms with van der Waals surface area (Å²) in [6, 6.07) is 10.5. The molecule has 2 aromatic carbocycles. The number of carbonyl (C=O) groups is 1. The maximum absolute atomic E-state index is 13.3. The molecule has 0 spiro atoms. The normalized spacial score (nSPS) is 18.0. The van der Waals surface area contributed by atoms with Crippen molar-refractivity contribution < 1.29 is 32.2 Å². The molecule has 1 saturated heterocycles. The Balaban J connectivity index is 1.60. The van der Waals surface area contributed by atoms with Gasteiger partial charge in [-0.15, -0.1) is 0 Å². The van der Waals surface area contributed by atoms with E-state index in [1.54, 1.807) is 12.1 Å². The van der Waals surface area contributed by atoms with Crippen molar-refractivity contribution in [2.45, 2.75) is 31.0 Å². The van der Waals surface area contributed by atoms with Crippen LogP contribution in [0.5, 0.6) is 11.5 Å². The number of nitrogens with one attached hydrogen (secondary N) is 1. The zero-order chi connectivity index (χ0) is 21.2. The Morgan fingerprint density at radius 2 is 1.73 bits per heavy atom. The maximum Gasteiger partial charge on any atom is 0.416 e. The fourth-order valence-corrected chi connectivity index (χ4v) is 3.98. The van der Waals surface area contributed by atoms with E-state index < -0.39 is 17.2 Å². The maximum atomic E-state index is 13.3. The second-order valence-corrected chi connectivity index (χ2v) is 7.40. The summed E-state index contributed by atoms with van der Waals surface area (Å²) in [6.07, 6.45) is -3.85. The van der Waals surface area contributed by atoms with E-state index in [2.05, 4.69) is 5.32 Å². The van der Waals surface area contributed by atoms with Crippen LogP contribution in [-0.4, -0.2) is 32.3 Å². The molecule has 0 atom stereocenters. The van der Waals surface area contributed by atoms with Gasteiger partial charge in [-0.05, 0) is 30.5 Å². The van der Waals surface area contributed by atoms with Gasteiger partial charge >= 0.3 is 6.18 Å². The SMILES string of the molecule is O=C(NCc1cccc2c1OCCO2)C1(c2cccc(C(F)(F)F)c2)CCOCC1. The molecule has 2 aromatic rings. The van der Waals surface area contributed by atoms with Gasteiger partial charge in [0.2, 0.25) is 5.91 Å². The van der Waals surface area contributed by atoms with Gasteiger partial charge in [0.05, 0.1) is 11.0 Å². The zero-order valence-corrected chi connectivity index (χ0v) is 16.3. The third kappa shape index (κ3) is 3.96. The van der Waals surface area contributed by atoms with E-state index >= 15 is 0 Å². The first-order valence-electron chi connectivity index (χ1n) is 9.81. The van der Waals surface area contributed by atoms with Gasteiger partial charge in [-0.3, -0.25) is 4.79 Å². The molecule has 0 bridgehead atoms. The van der Waals surface area contributed by atoms with Crippen LogP contribution >= 0.6 is 0 Å². The molecule has 0 unspecified atom stereocenters. The molecule has 4 rings (SSSR count). The van der Waals surface area contributed by atoms with E-state index in [1.807, 2.05) is 12.1 Å². The standard InChI is InChI=1S/C22H22F3NO4/c23-22(24,25)17-5-2-4-16(13-17)21(7-9-28-10-8-21)20(27)26-14-15-3-1-6-18-19(15)30-12-11-29-18/h1-6,13H,7-12,14H2,(H,26,27). The number of benzene rings is 2. The largest absolute Gasteiger partial charge is 0.486 e. The summed E-state index contributed by atoms with van der Waals surface area (Å²) < 4.78 is 56.3. The molecule has 0 aliphatic carbocycles.